The lowest BCUT2D eigenvalue weighted by Crippen LogP contribution is -2.14. The van der Waals surface area contributed by atoms with Gasteiger partial charge in [-0.15, -0.1) is 0 Å². The van der Waals surface area contributed by atoms with Crippen molar-refractivity contribution in [2.75, 3.05) is 34.5 Å². The third-order valence-electron chi connectivity index (χ3n) is 4.67. The maximum Gasteiger partial charge on any atom is 0.513 e. The van der Waals surface area contributed by atoms with Crippen LogP contribution in [0.5, 0.6) is 28.7 Å². The predicted molar refractivity (Wildman–Crippen MR) is 123 cm³/mol. The highest BCUT2D eigenvalue weighted by molar-refractivity contribution is 5.90. The third kappa shape index (κ3) is 5.40. The van der Waals surface area contributed by atoms with E-state index in [0.29, 0.717) is 5.56 Å². The summed E-state index contributed by atoms with van der Waals surface area (Å²) in [6.45, 7) is 3.49. The van der Waals surface area contributed by atoms with Crippen molar-refractivity contribution in [1.29, 1.82) is 0 Å². The Bertz CT molecular complexity index is 1290. The fourth-order valence-electron chi connectivity index (χ4n) is 3.18. The Balaban J connectivity index is 2.18. The van der Waals surface area contributed by atoms with Crippen LogP contribution in [-0.4, -0.2) is 46.9 Å². The Labute approximate surface area is 200 Å². The number of fused-ring (bicyclic) bond motifs is 1. The van der Waals surface area contributed by atoms with E-state index in [1.807, 2.05) is 0 Å². The molecule has 11 heteroatoms. The lowest BCUT2D eigenvalue weighted by molar-refractivity contribution is 0.102. The standard InChI is InChI=1S/C24H24O11/c1-6-31-23(26)34-15-9-8-13(10-16(15)29-4)21-22(30-5)20(25)19-17(33-21)11-14(28-3)12-18(19)35-24(27)32-7-2/h8-12H,6-7H2,1-5H3. The molecule has 0 atom stereocenters. The summed E-state index contributed by atoms with van der Waals surface area (Å²) in [4.78, 5) is 37.0. The predicted octanol–water partition coefficient (Wildman–Crippen LogP) is 4.56. The lowest BCUT2D eigenvalue weighted by atomic mass is 10.1. The van der Waals surface area contributed by atoms with Crippen LogP contribution < -0.4 is 29.1 Å². The van der Waals surface area contributed by atoms with Gasteiger partial charge in [-0.1, -0.05) is 0 Å². The number of benzene rings is 2. The number of hydrogen-bond donors (Lipinski definition) is 0. The van der Waals surface area contributed by atoms with Crippen molar-refractivity contribution in [3.8, 4) is 40.1 Å². The molecule has 0 spiro atoms. The van der Waals surface area contributed by atoms with E-state index in [-0.39, 0.29) is 58.7 Å². The van der Waals surface area contributed by atoms with Gasteiger partial charge in [0.1, 0.15) is 16.7 Å². The molecule has 0 aliphatic rings. The van der Waals surface area contributed by atoms with Gasteiger partial charge in [0.05, 0.1) is 34.5 Å². The SMILES string of the molecule is CCOC(=O)Oc1ccc(-c2oc3cc(OC)cc(OC(=O)OCC)c3c(=O)c2OC)cc1OC. The second-order valence-electron chi connectivity index (χ2n) is 6.73. The van der Waals surface area contributed by atoms with Crippen LogP contribution in [0.4, 0.5) is 9.59 Å². The van der Waals surface area contributed by atoms with Crippen LogP contribution in [-0.2, 0) is 9.47 Å². The van der Waals surface area contributed by atoms with Crippen LogP contribution in [0.2, 0.25) is 0 Å². The van der Waals surface area contributed by atoms with Crippen LogP contribution in [0, 0.1) is 0 Å². The molecule has 0 unspecified atom stereocenters. The van der Waals surface area contributed by atoms with Gasteiger partial charge in [0.2, 0.25) is 11.2 Å². The van der Waals surface area contributed by atoms with Crippen molar-refractivity contribution >= 4 is 23.3 Å². The Morgan fingerprint density at radius 1 is 0.800 bits per heavy atom. The summed E-state index contributed by atoms with van der Waals surface area (Å²) in [6.07, 6.45) is -1.89. The number of ether oxygens (including phenoxy) is 7. The van der Waals surface area contributed by atoms with Crippen molar-refractivity contribution in [3.63, 3.8) is 0 Å². The second kappa shape index (κ2) is 11.1. The average Bonchev–Trinajstić information content (AvgIpc) is 2.84. The molecule has 0 saturated carbocycles. The second-order valence-corrected chi connectivity index (χ2v) is 6.73. The molecule has 0 N–H and O–H groups in total. The molecule has 1 heterocycles. The fraction of sp³-hybridized carbons (Fsp3) is 0.292. The van der Waals surface area contributed by atoms with Crippen molar-refractivity contribution in [2.24, 2.45) is 0 Å². The van der Waals surface area contributed by atoms with Crippen molar-refractivity contribution in [1.82, 2.24) is 0 Å². The molecule has 0 aliphatic heterocycles. The maximum absolute atomic E-state index is 13.4. The molecule has 186 valence electrons. The van der Waals surface area contributed by atoms with E-state index < -0.39 is 17.7 Å². The van der Waals surface area contributed by atoms with Gasteiger partial charge in [-0.3, -0.25) is 4.79 Å². The minimum Gasteiger partial charge on any atom is -0.496 e. The molecule has 0 saturated heterocycles. The Morgan fingerprint density at radius 3 is 2.03 bits per heavy atom. The molecule has 11 nitrogen and oxygen atoms in total. The lowest BCUT2D eigenvalue weighted by Gasteiger charge is -2.14. The van der Waals surface area contributed by atoms with E-state index in [0.717, 1.165) is 0 Å². The first-order chi connectivity index (χ1) is 16.9. The number of hydrogen-bond acceptors (Lipinski definition) is 11. The van der Waals surface area contributed by atoms with E-state index in [4.69, 9.17) is 37.6 Å². The fourth-order valence-corrected chi connectivity index (χ4v) is 3.18. The van der Waals surface area contributed by atoms with E-state index in [1.165, 1.54) is 45.6 Å². The molecule has 0 bridgehead atoms. The Hall–Kier alpha value is -4.41. The molecule has 1 aromatic heterocycles. The monoisotopic (exact) mass is 488 g/mol. The zero-order valence-corrected chi connectivity index (χ0v) is 19.8. The van der Waals surface area contributed by atoms with Crippen LogP contribution in [0.25, 0.3) is 22.3 Å². The minimum atomic E-state index is -0.994. The Kier molecular flexibility index (Phi) is 8.03. The zero-order valence-electron chi connectivity index (χ0n) is 19.8. The van der Waals surface area contributed by atoms with Crippen LogP contribution in [0.3, 0.4) is 0 Å². The van der Waals surface area contributed by atoms with Gasteiger partial charge in [-0.05, 0) is 32.0 Å². The van der Waals surface area contributed by atoms with E-state index in [1.54, 1.807) is 19.9 Å². The number of carbonyl (C=O) groups is 2. The molecule has 0 fully saturated rings. The summed E-state index contributed by atoms with van der Waals surface area (Å²) in [6, 6.07) is 7.32. The van der Waals surface area contributed by atoms with Gasteiger partial charge in [0.25, 0.3) is 0 Å². The first-order valence-electron chi connectivity index (χ1n) is 10.5. The molecular weight excluding hydrogens is 464 g/mol. The number of methoxy groups -OCH3 is 3. The van der Waals surface area contributed by atoms with Crippen molar-refractivity contribution < 1.29 is 47.2 Å². The largest absolute Gasteiger partial charge is 0.513 e. The first-order valence-corrected chi connectivity index (χ1v) is 10.5. The topological polar surface area (TPSA) is 129 Å². The molecule has 3 aromatic rings. The third-order valence-corrected chi connectivity index (χ3v) is 4.67. The molecule has 0 aliphatic carbocycles. The first kappa shape index (κ1) is 25.2. The van der Waals surface area contributed by atoms with Gasteiger partial charge in [0.15, 0.2) is 23.0 Å². The van der Waals surface area contributed by atoms with E-state index in [9.17, 15) is 14.4 Å². The molecular formula is C24H24O11. The highest BCUT2D eigenvalue weighted by Gasteiger charge is 2.24. The number of rotatable bonds is 8. The molecule has 2 aromatic carbocycles. The van der Waals surface area contributed by atoms with E-state index in [2.05, 4.69) is 0 Å². The highest BCUT2D eigenvalue weighted by Crippen LogP contribution is 2.39. The van der Waals surface area contributed by atoms with Gasteiger partial charge in [-0.2, -0.15) is 0 Å². The molecule has 0 radical (unpaired) electrons. The molecule has 3 rings (SSSR count). The Morgan fingerprint density at radius 2 is 1.46 bits per heavy atom. The van der Waals surface area contributed by atoms with Gasteiger partial charge >= 0.3 is 12.3 Å². The summed E-state index contributed by atoms with van der Waals surface area (Å²) >= 11 is 0. The van der Waals surface area contributed by atoms with Crippen molar-refractivity contribution in [2.45, 2.75) is 13.8 Å². The minimum absolute atomic E-state index is 0.0475. The normalized spacial score (nSPS) is 10.4. The summed E-state index contributed by atoms with van der Waals surface area (Å²) in [5, 5.41) is -0.0475. The summed E-state index contributed by atoms with van der Waals surface area (Å²) in [5.41, 5.74) is -0.156. The van der Waals surface area contributed by atoms with Gasteiger partial charge in [0, 0.05) is 17.7 Å². The quantitative estimate of drug-likeness (QED) is 0.327. The summed E-state index contributed by atoms with van der Waals surface area (Å²) < 4.78 is 41.9. The van der Waals surface area contributed by atoms with Crippen LogP contribution in [0.1, 0.15) is 13.8 Å². The van der Waals surface area contributed by atoms with Crippen LogP contribution >= 0.6 is 0 Å². The van der Waals surface area contributed by atoms with Gasteiger partial charge in [-0.25, -0.2) is 9.59 Å². The average molecular weight is 488 g/mol. The zero-order chi connectivity index (χ0) is 25.5. The summed E-state index contributed by atoms with van der Waals surface area (Å²) in [5.74, 6) is 0.332. The van der Waals surface area contributed by atoms with Crippen molar-refractivity contribution in [3.05, 3.63) is 40.6 Å². The maximum atomic E-state index is 13.4. The number of carbonyl (C=O) groups excluding carboxylic acids is 2. The molecule has 0 amide bonds. The highest BCUT2D eigenvalue weighted by atomic mass is 16.7. The summed E-state index contributed by atoms with van der Waals surface area (Å²) in [7, 11) is 4.09. The van der Waals surface area contributed by atoms with Gasteiger partial charge < -0.3 is 37.6 Å². The van der Waals surface area contributed by atoms with E-state index >= 15 is 0 Å². The molecule has 35 heavy (non-hydrogen) atoms. The van der Waals surface area contributed by atoms with Crippen LogP contribution in [0.15, 0.2) is 39.5 Å². The smallest absolute Gasteiger partial charge is 0.496 e.